The number of rotatable bonds is 4. The largest absolute Gasteiger partial charge is 0.505 e. The molecule has 0 N–H and O–H groups in total. The molecule has 18 heavy (non-hydrogen) atoms. The second-order valence-electron chi connectivity index (χ2n) is 5.64. The molecule has 3 nitrogen and oxygen atoms in total. The van der Waals surface area contributed by atoms with Crippen molar-refractivity contribution < 1.29 is 14.0 Å². The third kappa shape index (κ3) is 2.64. The Bertz CT molecular complexity index is 398. The van der Waals surface area contributed by atoms with Crippen LogP contribution >= 0.6 is 11.3 Å². The van der Waals surface area contributed by atoms with Gasteiger partial charge in [0.2, 0.25) is 0 Å². The quantitative estimate of drug-likeness (QED) is 0.784. The van der Waals surface area contributed by atoms with E-state index in [1.165, 1.54) is 4.88 Å². The molecule has 1 aliphatic rings. The molecule has 0 saturated carbocycles. The van der Waals surface area contributed by atoms with E-state index in [0.29, 0.717) is 0 Å². The highest BCUT2D eigenvalue weighted by molar-refractivity contribution is 7.22. The summed E-state index contributed by atoms with van der Waals surface area (Å²) >= 11 is 1.74. The number of ether oxygens (including phenoxy) is 1. The first kappa shape index (κ1) is 14.1. The first-order valence-electron chi connectivity index (χ1n) is 6.29. The average Bonchev–Trinajstić information content (AvgIpc) is 2.80. The normalized spacial score (nSPS) is 21.5. The Morgan fingerprint density at radius 3 is 2.33 bits per heavy atom. The molecular formula is C13H21BO3S. The molecule has 0 bridgehead atoms. The fourth-order valence-electron chi connectivity index (χ4n) is 1.82. The minimum atomic E-state index is -0.269. The highest BCUT2D eigenvalue weighted by atomic mass is 32.1. The van der Waals surface area contributed by atoms with E-state index in [4.69, 9.17) is 14.0 Å². The predicted octanol–water partition coefficient (Wildman–Crippen LogP) is 2.24. The van der Waals surface area contributed by atoms with Gasteiger partial charge in [-0.15, -0.1) is 11.3 Å². The van der Waals surface area contributed by atoms with Gasteiger partial charge in [-0.25, -0.2) is 0 Å². The molecule has 5 heteroatoms. The Balaban J connectivity index is 2.07. The fourth-order valence-corrected chi connectivity index (χ4v) is 2.77. The van der Waals surface area contributed by atoms with Crippen molar-refractivity contribution in [3.8, 4) is 0 Å². The van der Waals surface area contributed by atoms with Crippen molar-refractivity contribution in [1.29, 1.82) is 0 Å². The highest BCUT2D eigenvalue weighted by Gasteiger charge is 2.52. The monoisotopic (exact) mass is 268 g/mol. The molecule has 1 saturated heterocycles. The molecule has 0 aliphatic carbocycles. The zero-order valence-electron chi connectivity index (χ0n) is 11.8. The van der Waals surface area contributed by atoms with Gasteiger partial charge in [0.15, 0.2) is 0 Å². The summed E-state index contributed by atoms with van der Waals surface area (Å²) in [6.45, 7) is 9.06. The van der Waals surface area contributed by atoms with Crippen LogP contribution in [0.5, 0.6) is 0 Å². The molecule has 1 aliphatic heterocycles. The third-order valence-electron chi connectivity index (χ3n) is 3.72. The number of hydrogen-bond acceptors (Lipinski definition) is 4. The molecule has 2 heterocycles. The maximum atomic E-state index is 6.02. The molecule has 0 atom stereocenters. The van der Waals surface area contributed by atoms with E-state index in [2.05, 4.69) is 39.8 Å². The van der Waals surface area contributed by atoms with Crippen LogP contribution in [0.4, 0.5) is 0 Å². The van der Waals surface area contributed by atoms with Crippen LogP contribution < -0.4 is 4.78 Å². The Kier molecular flexibility index (Phi) is 3.88. The molecule has 1 aromatic rings. The second kappa shape index (κ2) is 4.97. The van der Waals surface area contributed by atoms with Crippen LogP contribution in [0.1, 0.15) is 32.6 Å². The minimum Gasteiger partial charge on any atom is -0.399 e. The summed E-state index contributed by atoms with van der Waals surface area (Å²) in [6, 6.07) is 4.22. The molecule has 2 rings (SSSR count). The zero-order valence-corrected chi connectivity index (χ0v) is 12.6. The number of hydrogen-bond donors (Lipinski definition) is 0. The number of thiophene rings is 1. The summed E-state index contributed by atoms with van der Waals surface area (Å²) in [5.41, 5.74) is -0.539. The summed E-state index contributed by atoms with van der Waals surface area (Å²) in [6.07, 6.45) is 0.945. The minimum absolute atomic E-state index is 0.240. The zero-order chi connectivity index (χ0) is 13.4. The number of methoxy groups -OCH3 is 1. The van der Waals surface area contributed by atoms with Crippen molar-refractivity contribution in [3.05, 3.63) is 17.0 Å². The van der Waals surface area contributed by atoms with Gasteiger partial charge in [0.1, 0.15) is 0 Å². The maximum Gasteiger partial charge on any atom is 0.505 e. The summed E-state index contributed by atoms with van der Waals surface area (Å²) in [5, 5.41) is 0. The van der Waals surface area contributed by atoms with E-state index in [9.17, 15) is 0 Å². The molecule has 0 radical (unpaired) electrons. The first-order chi connectivity index (χ1) is 8.36. The van der Waals surface area contributed by atoms with Crippen molar-refractivity contribution in [1.82, 2.24) is 0 Å². The molecule has 1 fully saturated rings. The molecule has 0 spiro atoms. The third-order valence-corrected chi connectivity index (χ3v) is 4.89. The lowest BCUT2D eigenvalue weighted by Crippen LogP contribution is -2.41. The van der Waals surface area contributed by atoms with Gasteiger partial charge in [0.05, 0.1) is 17.8 Å². The summed E-state index contributed by atoms with van der Waals surface area (Å²) in [4.78, 5) is 1.31. The van der Waals surface area contributed by atoms with Crippen molar-refractivity contribution in [2.24, 2.45) is 0 Å². The van der Waals surface area contributed by atoms with Crippen LogP contribution in [0.15, 0.2) is 12.1 Å². The lowest BCUT2D eigenvalue weighted by atomic mass is 9.88. The Morgan fingerprint density at radius 1 is 1.17 bits per heavy atom. The Labute approximate surface area is 114 Å². The molecule has 0 unspecified atom stereocenters. The van der Waals surface area contributed by atoms with Crippen LogP contribution in [0.25, 0.3) is 0 Å². The van der Waals surface area contributed by atoms with Crippen LogP contribution in [0, 0.1) is 0 Å². The van der Waals surface area contributed by atoms with Crippen molar-refractivity contribution >= 4 is 23.2 Å². The first-order valence-corrected chi connectivity index (χ1v) is 7.10. The lowest BCUT2D eigenvalue weighted by Gasteiger charge is -2.32. The lowest BCUT2D eigenvalue weighted by molar-refractivity contribution is 0.00578. The van der Waals surface area contributed by atoms with Gasteiger partial charge in [-0.3, -0.25) is 0 Å². The van der Waals surface area contributed by atoms with Crippen molar-refractivity contribution in [2.45, 2.75) is 45.3 Å². The van der Waals surface area contributed by atoms with Gasteiger partial charge in [-0.2, -0.15) is 0 Å². The molecular weight excluding hydrogens is 247 g/mol. The van der Waals surface area contributed by atoms with Crippen LogP contribution in [-0.2, 0) is 20.5 Å². The molecule has 0 amide bonds. The molecule has 100 valence electrons. The van der Waals surface area contributed by atoms with Crippen LogP contribution in [0.3, 0.4) is 0 Å². The fraction of sp³-hybridized carbons (Fsp3) is 0.692. The SMILES string of the molecule is COCCc1ccc(B2OC(C)(C)C(C)(C)O2)s1. The van der Waals surface area contributed by atoms with Gasteiger partial charge in [0, 0.05) is 23.2 Å². The van der Waals surface area contributed by atoms with Crippen molar-refractivity contribution in [2.75, 3.05) is 13.7 Å². The molecule has 1 aromatic heterocycles. The van der Waals surface area contributed by atoms with Crippen molar-refractivity contribution in [3.63, 3.8) is 0 Å². The van der Waals surface area contributed by atoms with Gasteiger partial charge in [0.25, 0.3) is 0 Å². The molecule has 0 aromatic carbocycles. The average molecular weight is 268 g/mol. The summed E-state index contributed by atoms with van der Waals surface area (Å²) in [5.74, 6) is 0. The van der Waals surface area contributed by atoms with Gasteiger partial charge >= 0.3 is 7.12 Å². The van der Waals surface area contributed by atoms with E-state index in [1.54, 1.807) is 18.4 Å². The smallest absolute Gasteiger partial charge is 0.399 e. The highest BCUT2D eigenvalue weighted by Crippen LogP contribution is 2.36. The van der Waals surface area contributed by atoms with Gasteiger partial charge in [-0.1, -0.05) is 6.07 Å². The topological polar surface area (TPSA) is 27.7 Å². The van der Waals surface area contributed by atoms with E-state index in [-0.39, 0.29) is 18.3 Å². The van der Waals surface area contributed by atoms with Crippen LogP contribution in [-0.4, -0.2) is 32.0 Å². The van der Waals surface area contributed by atoms with Gasteiger partial charge < -0.3 is 14.0 Å². The summed E-state index contributed by atoms with van der Waals surface area (Å²) < 4.78 is 18.3. The summed E-state index contributed by atoms with van der Waals surface area (Å²) in [7, 11) is 1.49. The van der Waals surface area contributed by atoms with E-state index < -0.39 is 0 Å². The predicted molar refractivity (Wildman–Crippen MR) is 75.6 cm³/mol. The second-order valence-corrected chi connectivity index (χ2v) is 6.84. The standard InChI is InChI=1S/C13H21BO3S/c1-12(2)13(3,4)17-14(16-12)11-7-6-10(18-11)8-9-15-5/h6-7H,8-9H2,1-5H3. The van der Waals surface area contributed by atoms with E-state index in [1.807, 2.05) is 0 Å². The van der Waals surface area contributed by atoms with Crippen LogP contribution in [0.2, 0.25) is 0 Å². The Hall–Kier alpha value is -0.355. The van der Waals surface area contributed by atoms with E-state index in [0.717, 1.165) is 17.8 Å². The maximum absolute atomic E-state index is 6.02. The van der Waals surface area contributed by atoms with E-state index >= 15 is 0 Å². The Morgan fingerprint density at radius 2 is 1.78 bits per heavy atom. The van der Waals surface area contributed by atoms with Gasteiger partial charge in [-0.05, 0) is 33.8 Å².